The Kier molecular flexibility index (Phi) is 2.31. The predicted molar refractivity (Wildman–Crippen MR) is 50.6 cm³/mol. The maximum atomic E-state index is 4.45. The zero-order valence-corrected chi connectivity index (χ0v) is 8.25. The monoisotopic (exact) mass is 180 g/mol. The molecule has 1 aliphatic rings. The van der Waals surface area contributed by atoms with Gasteiger partial charge in [0.15, 0.2) is 0 Å². The van der Waals surface area contributed by atoms with E-state index in [-0.39, 0.29) is 0 Å². The smallest absolute Gasteiger partial charge is 0.147 e. The van der Waals surface area contributed by atoms with E-state index in [4.69, 9.17) is 0 Å². The van der Waals surface area contributed by atoms with Gasteiger partial charge >= 0.3 is 0 Å². The first-order chi connectivity index (χ1) is 6.27. The normalized spacial score (nSPS) is 23.4. The molecule has 0 amide bonds. The Balaban J connectivity index is 2.18. The van der Waals surface area contributed by atoms with Crippen LogP contribution in [0.1, 0.15) is 30.4 Å². The third-order valence-corrected chi connectivity index (χ3v) is 2.56. The van der Waals surface area contributed by atoms with Gasteiger partial charge in [0.25, 0.3) is 0 Å². The number of aryl methyl sites for hydroxylation is 2. The van der Waals surface area contributed by atoms with E-state index in [9.17, 15) is 0 Å². The van der Waals surface area contributed by atoms with Crippen molar-refractivity contribution in [3.63, 3.8) is 0 Å². The van der Waals surface area contributed by atoms with Crippen LogP contribution in [0.3, 0.4) is 0 Å². The van der Waals surface area contributed by atoms with Crippen molar-refractivity contribution in [1.29, 1.82) is 0 Å². The van der Waals surface area contributed by atoms with Crippen LogP contribution in [0, 0.1) is 6.92 Å². The summed E-state index contributed by atoms with van der Waals surface area (Å²) in [7, 11) is 1.98. The lowest BCUT2D eigenvalue weighted by molar-refractivity contribution is 0.434. The van der Waals surface area contributed by atoms with Gasteiger partial charge in [-0.15, -0.1) is 0 Å². The van der Waals surface area contributed by atoms with E-state index in [0.29, 0.717) is 5.92 Å². The molecule has 1 fully saturated rings. The molecule has 13 heavy (non-hydrogen) atoms. The summed E-state index contributed by atoms with van der Waals surface area (Å²) >= 11 is 0. The molecule has 2 heterocycles. The molecule has 0 aromatic carbocycles. The number of hydrogen-bond acceptors (Lipinski definition) is 3. The highest BCUT2D eigenvalue weighted by atomic mass is 15.3. The van der Waals surface area contributed by atoms with E-state index in [1.165, 1.54) is 12.8 Å². The summed E-state index contributed by atoms with van der Waals surface area (Å²) in [6.45, 7) is 4.14. The van der Waals surface area contributed by atoms with Crippen molar-refractivity contribution in [3.05, 3.63) is 11.6 Å². The molecule has 1 N–H and O–H groups in total. The number of nitrogens with one attached hydrogen (secondary N) is 1. The fourth-order valence-electron chi connectivity index (χ4n) is 1.96. The summed E-state index contributed by atoms with van der Waals surface area (Å²) in [6, 6.07) is 0. The van der Waals surface area contributed by atoms with Crippen molar-refractivity contribution < 1.29 is 0 Å². The Morgan fingerprint density at radius 1 is 1.54 bits per heavy atom. The minimum absolute atomic E-state index is 0.556. The molecule has 0 saturated carbocycles. The van der Waals surface area contributed by atoms with Gasteiger partial charge in [-0.3, -0.25) is 4.68 Å². The van der Waals surface area contributed by atoms with Crippen LogP contribution < -0.4 is 5.32 Å². The molecular weight excluding hydrogens is 164 g/mol. The average Bonchev–Trinajstić information content (AvgIpc) is 2.47. The molecule has 1 atom stereocenters. The standard InChI is InChI=1S/C9H16N4/c1-7-11-9(13(2)12-7)8-4-3-5-10-6-8/h8,10H,3-6H2,1-2H3/t8-/m0/s1. The Bertz CT molecular complexity index is 286. The molecular formula is C9H16N4. The number of rotatable bonds is 1. The van der Waals surface area contributed by atoms with Crippen LogP contribution in [0.4, 0.5) is 0 Å². The zero-order chi connectivity index (χ0) is 9.26. The molecule has 0 unspecified atom stereocenters. The first kappa shape index (κ1) is 8.69. The molecule has 0 aliphatic carbocycles. The van der Waals surface area contributed by atoms with Crippen molar-refractivity contribution in [3.8, 4) is 0 Å². The van der Waals surface area contributed by atoms with E-state index in [0.717, 1.165) is 24.7 Å². The van der Waals surface area contributed by atoms with Crippen molar-refractivity contribution in [2.45, 2.75) is 25.7 Å². The Morgan fingerprint density at radius 3 is 2.92 bits per heavy atom. The lowest BCUT2D eigenvalue weighted by Gasteiger charge is -2.21. The third kappa shape index (κ3) is 1.72. The fraction of sp³-hybridized carbons (Fsp3) is 0.778. The molecule has 1 saturated heterocycles. The highest BCUT2D eigenvalue weighted by Crippen LogP contribution is 2.20. The van der Waals surface area contributed by atoms with Gasteiger partial charge in [0.05, 0.1) is 0 Å². The van der Waals surface area contributed by atoms with Gasteiger partial charge in [0.2, 0.25) is 0 Å². The van der Waals surface area contributed by atoms with Gasteiger partial charge in [-0.2, -0.15) is 5.10 Å². The summed E-state index contributed by atoms with van der Waals surface area (Å²) in [4.78, 5) is 4.45. The lowest BCUT2D eigenvalue weighted by Crippen LogP contribution is -2.29. The van der Waals surface area contributed by atoms with Crippen LogP contribution in [0.5, 0.6) is 0 Å². The van der Waals surface area contributed by atoms with Gasteiger partial charge < -0.3 is 5.32 Å². The molecule has 1 aromatic rings. The van der Waals surface area contributed by atoms with Crippen molar-refractivity contribution in [2.24, 2.45) is 7.05 Å². The maximum absolute atomic E-state index is 4.45. The van der Waals surface area contributed by atoms with Crippen LogP contribution in [-0.2, 0) is 7.05 Å². The molecule has 0 radical (unpaired) electrons. The van der Waals surface area contributed by atoms with Crippen LogP contribution in [0.15, 0.2) is 0 Å². The summed E-state index contributed by atoms with van der Waals surface area (Å²) in [6.07, 6.45) is 2.48. The van der Waals surface area contributed by atoms with Gasteiger partial charge in [-0.05, 0) is 26.3 Å². The largest absolute Gasteiger partial charge is 0.316 e. The highest BCUT2D eigenvalue weighted by molar-refractivity contribution is 5.01. The predicted octanol–water partition coefficient (Wildman–Crippen LogP) is 0.591. The second-order valence-electron chi connectivity index (χ2n) is 3.68. The summed E-state index contributed by atoms with van der Waals surface area (Å²) in [5, 5.41) is 7.65. The fourth-order valence-corrected chi connectivity index (χ4v) is 1.96. The SMILES string of the molecule is Cc1nc([C@H]2CCCNC2)n(C)n1. The summed E-state index contributed by atoms with van der Waals surface area (Å²) < 4.78 is 1.91. The van der Waals surface area contributed by atoms with Crippen LogP contribution in [-0.4, -0.2) is 27.9 Å². The first-order valence-electron chi connectivity index (χ1n) is 4.85. The van der Waals surface area contributed by atoms with E-state index < -0.39 is 0 Å². The third-order valence-electron chi connectivity index (χ3n) is 2.56. The van der Waals surface area contributed by atoms with Crippen LogP contribution in [0.25, 0.3) is 0 Å². The van der Waals surface area contributed by atoms with E-state index in [1.807, 2.05) is 18.7 Å². The quantitative estimate of drug-likeness (QED) is 0.688. The van der Waals surface area contributed by atoms with E-state index in [2.05, 4.69) is 15.4 Å². The molecule has 1 aromatic heterocycles. The molecule has 4 heteroatoms. The van der Waals surface area contributed by atoms with Gasteiger partial charge in [-0.1, -0.05) is 0 Å². The number of piperidine rings is 1. The first-order valence-corrected chi connectivity index (χ1v) is 4.85. The molecule has 72 valence electrons. The summed E-state index contributed by atoms with van der Waals surface area (Å²) in [5.74, 6) is 2.56. The Hall–Kier alpha value is -0.900. The van der Waals surface area contributed by atoms with Gasteiger partial charge in [0, 0.05) is 19.5 Å². The zero-order valence-electron chi connectivity index (χ0n) is 8.25. The topological polar surface area (TPSA) is 42.7 Å². The molecule has 2 rings (SSSR count). The minimum atomic E-state index is 0.556. The second-order valence-corrected chi connectivity index (χ2v) is 3.68. The van der Waals surface area contributed by atoms with Gasteiger partial charge in [-0.25, -0.2) is 4.98 Å². The molecule has 0 bridgehead atoms. The second kappa shape index (κ2) is 3.46. The minimum Gasteiger partial charge on any atom is -0.316 e. The lowest BCUT2D eigenvalue weighted by atomic mass is 9.99. The van der Waals surface area contributed by atoms with E-state index in [1.54, 1.807) is 0 Å². The number of aromatic nitrogens is 3. The van der Waals surface area contributed by atoms with E-state index >= 15 is 0 Å². The Labute approximate surface area is 78.4 Å². The summed E-state index contributed by atoms with van der Waals surface area (Å²) in [5.41, 5.74) is 0. The molecule has 0 spiro atoms. The molecule has 1 aliphatic heterocycles. The van der Waals surface area contributed by atoms with Crippen molar-refractivity contribution >= 4 is 0 Å². The van der Waals surface area contributed by atoms with Crippen molar-refractivity contribution in [1.82, 2.24) is 20.1 Å². The Morgan fingerprint density at radius 2 is 2.38 bits per heavy atom. The highest BCUT2D eigenvalue weighted by Gasteiger charge is 2.19. The number of hydrogen-bond donors (Lipinski definition) is 1. The molecule has 4 nitrogen and oxygen atoms in total. The van der Waals surface area contributed by atoms with Gasteiger partial charge in [0.1, 0.15) is 11.6 Å². The maximum Gasteiger partial charge on any atom is 0.147 e. The van der Waals surface area contributed by atoms with Crippen molar-refractivity contribution in [2.75, 3.05) is 13.1 Å². The average molecular weight is 180 g/mol. The number of nitrogens with zero attached hydrogens (tertiary/aromatic N) is 3. The van der Waals surface area contributed by atoms with Crippen LogP contribution in [0.2, 0.25) is 0 Å². The van der Waals surface area contributed by atoms with Crippen LogP contribution >= 0.6 is 0 Å².